The minimum Gasteiger partial charge on any atom is -0.447 e. The van der Waals surface area contributed by atoms with Crippen LogP contribution in [0.3, 0.4) is 0 Å². The van der Waals surface area contributed by atoms with Crippen LogP contribution in [0.25, 0.3) is 0 Å². The van der Waals surface area contributed by atoms with Crippen molar-refractivity contribution in [2.45, 2.75) is 45.8 Å². The van der Waals surface area contributed by atoms with Crippen LogP contribution in [0, 0.1) is 0 Å². The first-order chi connectivity index (χ1) is 12.8. The van der Waals surface area contributed by atoms with Gasteiger partial charge in [0.2, 0.25) is 5.89 Å². The quantitative estimate of drug-likeness (QED) is 0.847. The number of hydrogen-bond donors (Lipinski definition) is 1. The SMILES string of the molecule is CC(C)(C)OC(=O)N1CCN(Cc2nc(C(=O)NN3CCCC3)co2)CC1. The summed E-state index contributed by atoms with van der Waals surface area (Å²) in [5.74, 6) is 0.272. The Bertz CT molecular complexity index is 655. The highest BCUT2D eigenvalue weighted by Crippen LogP contribution is 2.14. The van der Waals surface area contributed by atoms with E-state index in [0.717, 1.165) is 25.9 Å². The van der Waals surface area contributed by atoms with E-state index in [9.17, 15) is 9.59 Å². The van der Waals surface area contributed by atoms with E-state index < -0.39 is 5.60 Å². The van der Waals surface area contributed by atoms with Crippen LogP contribution in [0.15, 0.2) is 10.7 Å². The molecule has 2 amide bonds. The van der Waals surface area contributed by atoms with Crippen LogP contribution in [0.2, 0.25) is 0 Å². The number of aromatic nitrogens is 1. The molecule has 0 unspecified atom stereocenters. The molecule has 2 saturated heterocycles. The molecule has 0 saturated carbocycles. The van der Waals surface area contributed by atoms with Crippen LogP contribution in [0.1, 0.15) is 50.0 Å². The van der Waals surface area contributed by atoms with Gasteiger partial charge in [-0.2, -0.15) is 0 Å². The molecule has 150 valence electrons. The van der Waals surface area contributed by atoms with Gasteiger partial charge in [0.1, 0.15) is 11.9 Å². The van der Waals surface area contributed by atoms with Crippen LogP contribution in [0.5, 0.6) is 0 Å². The second-order valence-electron chi connectivity index (χ2n) is 8.01. The summed E-state index contributed by atoms with van der Waals surface area (Å²) in [6.07, 6.45) is 3.32. The molecule has 9 nitrogen and oxygen atoms in total. The third-order valence-corrected chi connectivity index (χ3v) is 4.53. The molecule has 2 aliphatic heterocycles. The number of hydrazine groups is 1. The van der Waals surface area contributed by atoms with E-state index in [-0.39, 0.29) is 12.0 Å². The molecule has 1 N–H and O–H groups in total. The standard InChI is InChI=1S/C18H29N5O4/c1-18(2,3)27-17(25)22-10-8-21(9-11-22)12-15-19-14(13-26-15)16(24)20-23-6-4-5-7-23/h13H,4-12H2,1-3H3,(H,20,24). The third kappa shape index (κ3) is 5.67. The first kappa shape index (κ1) is 19.6. The number of piperazine rings is 1. The molecule has 3 rings (SSSR count). The van der Waals surface area contributed by atoms with Gasteiger partial charge in [0.25, 0.3) is 5.91 Å². The molecule has 0 bridgehead atoms. The number of rotatable bonds is 4. The molecule has 0 aliphatic carbocycles. The molecule has 0 radical (unpaired) electrons. The fourth-order valence-corrected chi connectivity index (χ4v) is 3.12. The lowest BCUT2D eigenvalue weighted by Crippen LogP contribution is -2.49. The summed E-state index contributed by atoms with van der Waals surface area (Å²) in [4.78, 5) is 32.5. The monoisotopic (exact) mass is 379 g/mol. The molecular formula is C18H29N5O4. The molecular weight excluding hydrogens is 350 g/mol. The van der Waals surface area contributed by atoms with E-state index in [1.165, 1.54) is 6.26 Å². The molecule has 2 fully saturated rings. The zero-order chi connectivity index (χ0) is 19.4. The van der Waals surface area contributed by atoms with Crippen LogP contribution in [-0.4, -0.2) is 76.7 Å². The van der Waals surface area contributed by atoms with Gasteiger partial charge in [0, 0.05) is 39.3 Å². The van der Waals surface area contributed by atoms with Crippen molar-refractivity contribution >= 4 is 12.0 Å². The second-order valence-corrected chi connectivity index (χ2v) is 8.01. The van der Waals surface area contributed by atoms with E-state index in [0.29, 0.717) is 44.3 Å². The minimum absolute atomic E-state index is 0.235. The van der Waals surface area contributed by atoms with Gasteiger partial charge in [0.15, 0.2) is 5.69 Å². The molecule has 0 atom stereocenters. The maximum Gasteiger partial charge on any atom is 0.410 e. The van der Waals surface area contributed by atoms with E-state index in [1.807, 2.05) is 25.8 Å². The Balaban J connectivity index is 1.45. The van der Waals surface area contributed by atoms with Crippen molar-refractivity contribution < 1.29 is 18.7 Å². The second kappa shape index (κ2) is 8.26. The average molecular weight is 379 g/mol. The van der Waals surface area contributed by atoms with Gasteiger partial charge in [0.05, 0.1) is 6.54 Å². The van der Waals surface area contributed by atoms with Crippen molar-refractivity contribution in [1.82, 2.24) is 25.2 Å². The van der Waals surface area contributed by atoms with Gasteiger partial charge < -0.3 is 14.1 Å². The summed E-state index contributed by atoms with van der Waals surface area (Å²) in [5, 5.41) is 1.91. The lowest BCUT2D eigenvalue weighted by molar-refractivity contribution is 0.0133. The van der Waals surface area contributed by atoms with Crippen LogP contribution in [0.4, 0.5) is 4.79 Å². The van der Waals surface area contributed by atoms with Gasteiger partial charge in [-0.1, -0.05) is 0 Å². The Morgan fingerprint density at radius 1 is 1.15 bits per heavy atom. The van der Waals surface area contributed by atoms with Gasteiger partial charge in [-0.25, -0.2) is 14.8 Å². The number of ether oxygens (including phenoxy) is 1. The number of hydrogen-bond acceptors (Lipinski definition) is 7. The Labute approximate surface area is 159 Å². The molecule has 0 spiro atoms. The van der Waals surface area contributed by atoms with E-state index in [2.05, 4.69) is 15.3 Å². The number of nitrogens with zero attached hydrogens (tertiary/aromatic N) is 4. The number of oxazole rings is 1. The molecule has 2 aliphatic rings. The summed E-state index contributed by atoms with van der Waals surface area (Å²) in [5.41, 5.74) is 2.66. The third-order valence-electron chi connectivity index (χ3n) is 4.53. The number of amides is 2. The van der Waals surface area contributed by atoms with Gasteiger partial charge in [-0.3, -0.25) is 15.1 Å². The zero-order valence-electron chi connectivity index (χ0n) is 16.4. The maximum atomic E-state index is 12.2. The van der Waals surface area contributed by atoms with E-state index in [1.54, 1.807) is 4.90 Å². The number of nitrogens with one attached hydrogen (secondary N) is 1. The summed E-state index contributed by atoms with van der Waals surface area (Å²) in [7, 11) is 0. The molecule has 27 heavy (non-hydrogen) atoms. The molecule has 9 heteroatoms. The van der Waals surface area contributed by atoms with Crippen molar-refractivity contribution in [2.24, 2.45) is 0 Å². The number of carbonyl (C=O) groups is 2. The Hall–Kier alpha value is -2.13. The van der Waals surface area contributed by atoms with Crippen molar-refractivity contribution in [3.63, 3.8) is 0 Å². The maximum absolute atomic E-state index is 12.2. The number of carbonyl (C=O) groups excluding carboxylic acids is 2. The fourth-order valence-electron chi connectivity index (χ4n) is 3.12. The predicted octanol–water partition coefficient (Wildman–Crippen LogP) is 1.47. The Morgan fingerprint density at radius 3 is 2.44 bits per heavy atom. The summed E-state index contributed by atoms with van der Waals surface area (Å²) < 4.78 is 10.9. The Morgan fingerprint density at radius 2 is 1.81 bits per heavy atom. The van der Waals surface area contributed by atoms with Crippen molar-refractivity contribution in [3.8, 4) is 0 Å². The smallest absolute Gasteiger partial charge is 0.410 e. The zero-order valence-corrected chi connectivity index (χ0v) is 16.4. The average Bonchev–Trinajstić information content (AvgIpc) is 3.26. The van der Waals surface area contributed by atoms with Crippen molar-refractivity contribution in [1.29, 1.82) is 0 Å². The lowest BCUT2D eigenvalue weighted by Gasteiger charge is -2.35. The van der Waals surface area contributed by atoms with Gasteiger partial charge >= 0.3 is 6.09 Å². The first-order valence-electron chi connectivity index (χ1n) is 9.51. The Kier molecular flexibility index (Phi) is 6.01. The van der Waals surface area contributed by atoms with Crippen LogP contribution < -0.4 is 5.43 Å². The van der Waals surface area contributed by atoms with Crippen molar-refractivity contribution in [3.05, 3.63) is 17.8 Å². The minimum atomic E-state index is -0.488. The van der Waals surface area contributed by atoms with Gasteiger partial charge in [-0.05, 0) is 33.6 Å². The molecule has 0 aromatic carbocycles. The van der Waals surface area contributed by atoms with Crippen LogP contribution in [-0.2, 0) is 11.3 Å². The highest BCUT2D eigenvalue weighted by atomic mass is 16.6. The highest BCUT2D eigenvalue weighted by molar-refractivity contribution is 5.91. The molecule has 1 aromatic heterocycles. The highest BCUT2D eigenvalue weighted by Gasteiger charge is 2.26. The van der Waals surface area contributed by atoms with Gasteiger partial charge in [-0.15, -0.1) is 0 Å². The topological polar surface area (TPSA) is 91.1 Å². The van der Waals surface area contributed by atoms with Crippen molar-refractivity contribution in [2.75, 3.05) is 39.3 Å². The van der Waals surface area contributed by atoms with E-state index >= 15 is 0 Å². The fraction of sp³-hybridized carbons (Fsp3) is 0.722. The van der Waals surface area contributed by atoms with Crippen LogP contribution >= 0.6 is 0 Å². The summed E-state index contributed by atoms with van der Waals surface area (Å²) in [6, 6.07) is 0. The normalized spacial score (nSPS) is 19.3. The first-order valence-corrected chi connectivity index (χ1v) is 9.51. The van der Waals surface area contributed by atoms with E-state index in [4.69, 9.17) is 9.15 Å². The lowest BCUT2D eigenvalue weighted by atomic mass is 10.2. The molecule has 1 aromatic rings. The predicted molar refractivity (Wildman–Crippen MR) is 97.9 cm³/mol. The summed E-state index contributed by atoms with van der Waals surface area (Å²) in [6.45, 7) is 10.4. The molecule has 3 heterocycles. The summed E-state index contributed by atoms with van der Waals surface area (Å²) >= 11 is 0. The largest absolute Gasteiger partial charge is 0.447 e.